The molecule has 0 spiro atoms. The van der Waals surface area contributed by atoms with Crippen LogP contribution in [0.5, 0.6) is 0 Å². The number of nitrogens with zero attached hydrogens (tertiary/aromatic N) is 4. The van der Waals surface area contributed by atoms with E-state index in [0.29, 0.717) is 10.2 Å². The molecule has 0 amide bonds. The van der Waals surface area contributed by atoms with Gasteiger partial charge < -0.3 is 5.11 Å². The zero-order valence-corrected chi connectivity index (χ0v) is 13.8. The number of nitriles is 1. The first-order valence-electron chi connectivity index (χ1n) is 6.82. The summed E-state index contributed by atoms with van der Waals surface area (Å²) in [4.78, 5) is 12.7. The van der Waals surface area contributed by atoms with E-state index in [2.05, 4.69) is 21.0 Å². The molecule has 1 atom stereocenters. The lowest BCUT2D eigenvalue weighted by atomic mass is 10.2. The topological polar surface area (TPSA) is 82.7 Å². The number of thioether (sulfide) groups is 1. The van der Waals surface area contributed by atoms with Gasteiger partial charge >= 0.3 is 0 Å². The van der Waals surface area contributed by atoms with Crippen molar-refractivity contribution in [1.29, 1.82) is 5.26 Å². The van der Waals surface area contributed by atoms with Crippen LogP contribution in [-0.4, -0.2) is 25.3 Å². The van der Waals surface area contributed by atoms with Crippen LogP contribution in [0.4, 0.5) is 0 Å². The van der Waals surface area contributed by atoms with Crippen LogP contribution in [-0.2, 0) is 0 Å². The molecule has 1 unspecified atom stereocenters. The fourth-order valence-electron chi connectivity index (χ4n) is 1.96. The highest BCUT2D eigenvalue weighted by atomic mass is 32.2. The first kappa shape index (κ1) is 15.5. The summed E-state index contributed by atoms with van der Waals surface area (Å²) in [7, 11) is 0. The molecule has 0 bridgehead atoms. The van der Waals surface area contributed by atoms with E-state index >= 15 is 0 Å². The lowest BCUT2D eigenvalue weighted by Crippen LogP contribution is -2.05. The summed E-state index contributed by atoms with van der Waals surface area (Å²) in [5, 5.41) is 20.6. The van der Waals surface area contributed by atoms with Gasteiger partial charge in [-0.05, 0) is 25.1 Å². The number of para-hydroxylation sites is 1. The van der Waals surface area contributed by atoms with Gasteiger partial charge in [-0.25, -0.2) is 15.0 Å². The van der Waals surface area contributed by atoms with Gasteiger partial charge in [0.15, 0.2) is 5.16 Å². The van der Waals surface area contributed by atoms with Crippen LogP contribution in [0.1, 0.15) is 11.9 Å². The molecule has 3 aromatic rings. The van der Waals surface area contributed by atoms with Gasteiger partial charge in [0.25, 0.3) is 0 Å². The van der Waals surface area contributed by atoms with Gasteiger partial charge in [0.1, 0.15) is 22.4 Å². The Morgan fingerprint density at radius 2 is 2.00 bits per heavy atom. The van der Waals surface area contributed by atoms with Crippen LogP contribution in [0.25, 0.3) is 15.8 Å². The van der Waals surface area contributed by atoms with Crippen molar-refractivity contribution in [1.82, 2.24) is 15.0 Å². The van der Waals surface area contributed by atoms with E-state index in [0.717, 1.165) is 10.2 Å². The molecular formula is C16H12N4OS2. The fourth-order valence-corrected chi connectivity index (χ4v) is 3.72. The third-order valence-electron chi connectivity index (χ3n) is 3.09. The average molecular weight is 340 g/mol. The molecule has 114 valence electrons. The van der Waals surface area contributed by atoms with E-state index in [9.17, 15) is 10.4 Å². The SMILES string of the molecule is CC(Sc1ncccn1)/C(O)=C(/C#N)c1nc2ccccc2s1. The van der Waals surface area contributed by atoms with E-state index in [1.54, 1.807) is 25.4 Å². The van der Waals surface area contributed by atoms with Crippen molar-refractivity contribution in [2.75, 3.05) is 0 Å². The van der Waals surface area contributed by atoms with Crippen LogP contribution < -0.4 is 0 Å². The van der Waals surface area contributed by atoms with Gasteiger partial charge in [0, 0.05) is 12.4 Å². The third-order valence-corrected chi connectivity index (χ3v) is 5.14. The number of thiazole rings is 1. The molecule has 23 heavy (non-hydrogen) atoms. The van der Waals surface area contributed by atoms with Crippen LogP contribution in [0.2, 0.25) is 0 Å². The zero-order chi connectivity index (χ0) is 16.2. The second-order valence-electron chi connectivity index (χ2n) is 4.65. The number of rotatable bonds is 4. The molecule has 0 radical (unpaired) electrons. The standard InChI is InChI=1S/C16H12N4OS2/c1-10(22-16-18-7-4-8-19-16)14(21)11(9-17)15-20-12-5-2-3-6-13(12)23-15/h2-8,10,21H,1H3/b14-11+. The van der Waals surface area contributed by atoms with Crippen molar-refractivity contribution in [2.45, 2.75) is 17.3 Å². The summed E-state index contributed by atoms with van der Waals surface area (Å²) in [6, 6.07) is 11.4. The molecule has 1 N–H and O–H groups in total. The van der Waals surface area contributed by atoms with Crippen LogP contribution in [0, 0.1) is 11.3 Å². The maximum absolute atomic E-state index is 10.5. The minimum Gasteiger partial charge on any atom is -0.510 e. The molecule has 0 fully saturated rings. The first-order chi connectivity index (χ1) is 11.2. The Morgan fingerprint density at radius 1 is 1.26 bits per heavy atom. The van der Waals surface area contributed by atoms with E-state index in [1.165, 1.54) is 23.1 Å². The number of benzene rings is 1. The summed E-state index contributed by atoms with van der Waals surface area (Å²) in [6.45, 7) is 1.81. The second kappa shape index (κ2) is 6.77. The molecule has 0 saturated carbocycles. The predicted octanol–water partition coefficient (Wildman–Crippen LogP) is 4.06. The Hall–Kier alpha value is -2.43. The zero-order valence-electron chi connectivity index (χ0n) is 12.2. The molecule has 0 aliphatic carbocycles. The third kappa shape index (κ3) is 3.33. The highest BCUT2D eigenvalue weighted by Gasteiger charge is 2.20. The van der Waals surface area contributed by atoms with Crippen molar-refractivity contribution in [3.05, 3.63) is 53.5 Å². The molecule has 5 nitrogen and oxygen atoms in total. The molecule has 2 heterocycles. The number of aromatic nitrogens is 3. The summed E-state index contributed by atoms with van der Waals surface area (Å²) >= 11 is 2.68. The minimum atomic E-state index is -0.348. The van der Waals surface area contributed by atoms with Gasteiger partial charge in [-0.15, -0.1) is 11.3 Å². The molecule has 0 saturated heterocycles. The molecule has 1 aromatic carbocycles. The summed E-state index contributed by atoms with van der Waals surface area (Å²) in [6.07, 6.45) is 3.28. The molecule has 7 heteroatoms. The summed E-state index contributed by atoms with van der Waals surface area (Å²) in [5.74, 6) is -0.0102. The van der Waals surface area contributed by atoms with E-state index in [1.807, 2.05) is 24.3 Å². The van der Waals surface area contributed by atoms with Crippen LogP contribution >= 0.6 is 23.1 Å². The Balaban J connectivity index is 1.94. The minimum absolute atomic E-state index is 0.0102. The van der Waals surface area contributed by atoms with Gasteiger partial charge in [-0.3, -0.25) is 0 Å². The van der Waals surface area contributed by atoms with E-state index in [4.69, 9.17) is 0 Å². The number of hydrogen-bond acceptors (Lipinski definition) is 7. The number of hydrogen-bond donors (Lipinski definition) is 1. The summed E-state index contributed by atoms with van der Waals surface area (Å²) < 4.78 is 0.981. The van der Waals surface area contributed by atoms with E-state index in [-0.39, 0.29) is 16.6 Å². The number of fused-ring (bicyclic) bond motifs is 1. The van der Waals surface area contributed by atoms with Crippen molar-refractivity contribution in [3.8, 4) is 6.07 Å². The molecule has 3 rings (SSSR count). The maximum atomic E-state index is 10.5. The van der Waals surface area contributed by atoms with Crippen molar-refractivity contribution < 1.29 is 5.11 Å². The highest BCUT2D eigenvalue weighted by Crippen LogP contribution is 2.32. The average Bonchev–Trinajstić information content (AvgIpc) is 3.00. The van der Waals surface area contributed by atoms with Crippen LogP contribution in [0.3, 0.4) is 0 Å². The summed E-state index contributed by atoms with van der Waals surface area (Å²) in [5.41, 5.74) is 1.02. The van der Waals surface area contributed by atoms with Crippen molar-refractivity contribution in [3.63, 3.8) is 0 Å². The molecule has 2 aromatic heterocycles. The molecule has 0 aliphatic rings. The van der Waals surface area contributed by atoms with Crippen LogP contribution in [0.15, 0.2) is 53.6 Å². The Morgan fingerprint density at radius 3 is 2.70 bits per heavy atom. The number of aliphatic hydroxyl groups excluding tert-OH is 1. The van der Waals surface area contributed by atoms with Crippen molar-refractivity contribution in [2.24, 2.45) is 0 Å². The second-order valence-corrected chi connectivity index (χ2v) is 6.99. The predicted molar refractivity (Wildman–Crippen MR) is 92.1 cm³/mol. The largest absolute Gasteiger partial charge is 0.510 e. The lowest BCUT2D eigenvalue weighted by Gasteiger charge is -2.10. The normalized spacial score (nSPS) is 13.4. The quantitative estimate of drug-likeness (QED) is 0.334. The Bertz CT molecular complexity index is 866. The maximum Gasteiger partial charge on any atom is 0.188 e. The molecular weight excluding hydrogens is 328 g/mol. The monoisotopic (exact) mass is 340 g/mol. The van der Waals surface area contributed by atoms with Gasteiger partial charge in [0.2, 0.25) is 0 Å². The van der Waals surface area contributed by atoms with Gasteiger partial charge in [-0.1, -0.05) is 23.9 Å². The van der Waals surface area contributed by atoms with E-state index < -0.39 is 0 Å². The first-order valence-corrected chi connectivity index (χ1v) is 8.51. The molecule has 0 aliphatic heterocycles. The van der Waals surface area contributed by atoms with Crippen molar-refractivity contribution >= 4 is 38.9 Å². The van der Waals surface area contributed by atoms with Gasteiger partial charge in [-0.2, -0.15) is 5.26 Å². The van der Waals surface area contributed by atoms with Gasteiger partial charge in [0.05, 0.1) is 15.5 Å². The Labute approximate surface area is 141 Å². The number of aliphatic hydroxyl groups is 1. The Kier molecular flexibility index (Phi) is 4.55. The smallest absolute Gasteiger partial charge is 0.188 e. The fraction of sp³-hybridized carbons (Fsp3) is 0.125. The lowest BCUT2D eigenvalue weighted by molar-refractivity contribution is 0.402. The number of allylic oxidation sites excluding steroid dienone is 1. The highest BCUT2D eigenvalue weighted by molar-refractivity contribution is 7.99.